The maximum Gasteiger partial charge on any atom is 0.305 e. The van der Waals surface area contributed by atoms with Gasteiger partial charge >= 0.3 is 5.97 Å². The second-order valence-electron chi connectivity index (χ2n) is 20.7. The van der Waals surface area contributed by atoms with Gasteiger partial charge in [-0.3, -0.25) is 9.59 Å². The lowest BCUT2D eigenvalue weighted by Crippen LogP contribution is -2.60. The normalized spacial score (nSPS) is 19.3. The molecule has 0 aromatic rings. The number of rotatable bonds is 51. The summed E-state index contributed by atoms with van der Waals surface area (Å²) in [6, 6.07) is -0.814. The first-order valence-electron chi connectivity index (χ1n) is 29.6. The van der Waals surface area contributed by atoms with Crippen LogP contribution in [0.3, 0.4) is 0 Å². The lowest BCUT2D eigenvalue weighted by atomic mass is 9.99. The Balaban J connectivity index is 2.05. The summed E-state index contributed by atoms with van der Waals surface area (Å²) in [4.78, 5) is 25.0. The molecule has 1 fully saturated rings. The van der Waals surface area contributed by atoms with E-state index in [-0.39, 0.29) is 18.5 Å². The van der Waals surface area contributed by atoms with E-state index in [0.29, 0.717) is 19.4 Å². The van der Waals surface area contributed by atoms with Crippen LogP contribution in [-0.2, 0) is 23.8 Å². The predicted molar refractivity (Wildman–Crippen MR) is 288 cm³/mol. The van der Waals surface area contributed by atoms with Gasteiger partial charge < -0.3 is 45.1 Å². The quantitative estimate of drug-likeness (QED) is 0.0195. The summed E-state index contributed by atoms with van der Waals surface area (Å²) in [7, 11) is 0. The summed E-state index contributed by atoms with van der Waals surface area (Å²) >= 11 is 0. The zero-order chi connectivity index (χ0) is 51.0. The van der Waals surface area contributed by atoms with E-state index < -0.39 is 49.5 Å². The van der Waals surface area contributed by atoms with Crippen molar-refractivity contribution in [1.29, 1.82) is 0 Å². The third-order valence-electron chi connectivity index (χ3n) is 14.1. The summed E-state index contributed by atoms with van der Waals surface area (Å²) in [6.07, 6.45) is 48.5. The van der Waals surface area contributed by atoms with Crippen LogP contribution >= 0.6 is 0 Å². The van der Waals surface area contributed by atoms with Crippen LogP contribution in [0, 0.1) is 0 Å². The van der Waals surface area contributed by atoms with E-state index in [1.807, 2.05) is 6.08 Å². The molecule has 0 aliphatic carbocycles. The number of amides is 1. The first-order chi connectivity index (χ1) is 34.2. The Bertz CT molecular complexity index is 1220. The second-order valence-corrected chi connectivity index (χ2v) is 20.7. The van der Waals surface area contributed by atoms with Gasteiger partial charge in [0.1, 0.15) is 24.4 Å². The lowest BCUT2D eigenvalue weighted by molar-refractivity contribution is -0.302. The van der Waals surface area contributed by atoms with Crippen molar-refractivity contribution < 1.29 is 49.3 Å². The number of aliphatic hydroxyl groups is 5. The molecule has 1 heterocycles. The van der Waals surface area contributed by atoms with Gasteiger partial charge in [0.25, 0.3) is 0 Å². The van der Waals surface area contributed by atoms with Crippen LogP contribution in [0.4, 0.5) is 0 Å². The molecule has 1 aliphatic rings. The number of hydrogen-bond acceptors (Lipinski definition) is 10. The fourth-order valence-electron chi connectivity index (χ4n) is 9.31. The van der Waals surface area contributed by atoms with Crippen molar-refractivity contribution >= 4 is 11.9 Å². The van der Waals surface area contributed by atoms with E-state index in [4.69, 9.17) is 14.2 Å². The molecule has 1 saturated heterocycles. The number of carbonyl (C=O) groups excluding carboxylic acids is 2. The van der Waals surface area contributed by atoms with Crippen LogP contribution in [0.5, 0.6) is 0 Å². The van der Waals surface area contributed by atoms with Crippen LogP contribution in [0.15, 0.2) is 24.3 Å². The molecule has 70 heavy (non-hydrogen) atoms. The van der Waals surface area contributed by atoms with Gasteiger partial charge in [0, 0.05) is 12.8 Å². The molecule has 0 aromatic heterocycles. The minimum Gasteiger partial charge on any atom is -0.466 e. The number of esters is 1. The fourth-order valence-corrected chi connectivity index (χ4v) is 9.31. The van der Waals surface area contributed by atoms with Gasteiger partial charge in [-0.2, -0.15) is 0 Å². The minimum atomic E-state index is -1.57. The highest BCUT2D eigenvalue weighted by atomic mass is 16.7. The van der Waals surface area contributed by atoms with E-state index in [1.165, 1.54) is 173 Å². The van der Waals surface area contributed by atoms with Crippen LogP contribution in [-0.4, -0.2) is 100 Å². The van der Waals surface area contributed by atoms with Crippen molar-refractivity contribution in [3.63, 3.8) is 0 Å². The Morgan fingerprint density at radius 3 is 1.37 bits per heavy atom. The molecule has 11 heteroatoms. The van der Waals surface area contributed by atoms with E-state index >= 15 is 0 Å². The van der Waals surface area contributed by atoms with Crippen molar-refractivity contribution in [2.45, 2.75) is 320 Å². The Morgan fingerprint density at radius 1 is 0.514 bits per heavy atom. The molecule has 412 valence electrons. The smallest absolute Gasteiger partial charge is 0.305 e. The highest BCUT2D eigenvalue weighted by Gasteiger charge is 2.44. The molecule has 0 bridgehead atoms. The molecule has 7 unspecified atom stereocenters. The van der Waals surface area contributed by atoms with Crippen molar-refractivity contribution in [3.8, 4) is 0 Å². The fraction of sp³-hybridized carbons (Fsp3) is 0.898. The summed E-state index contributed by atoms with van der Waals surface area (Å²) in [5, 5.41) is 54.2. The molecule has 0 spiro atoms. The summed E-state index contributed by atoms with van der Waals surface area (Å²) in [5.74, 6) is -0.196. The second kappa shape index (κ2) is 49.4. The number of carbonyl (C=O) groups is 2. The average Bonchev–Trinajstić information content (AvgIpc) is 3.36. The minimum absolute atomic E-state index is 0.00535. The SMILES string of the molecule is CCCCCCCCCC/C=C/C(O)C(COC1OC(CO)C(O)C(O)C1O)NC(=O)CCCCCCCCC/C=C\CCCCCCCCCCCCOC(=O)CCCCCCCCCCCCC. The molecule has 6 N–H and O–H groups in total. The molecule has 1 rings (SSSR count). The zero-order valence-corrected chi connectivity index (χ0v) is 45.2. The Hall–Kier alpha value is -1.86. The van der Waals surface area contributed by atoms with Crippen molar-refractivity contribution in [1.82, 2.24) is 5.32 Å². The van der Waals surface area contributed by atoms with E-state index in [1.54, 1.807) is 6.08 Å². The van der Waals surface area contributed by atoms with Crippen LogP contribution in [0.25, 0.3) is 0 Å². The maximum absolute atomic E-state index is 13.0. The molecule has 7 atom stereocenters. The van der Waals surface area contributed by atoms with Crippen molar-refractivity contribution in [3.05, 3.63) is 24.3 Å². The first-order valence-corrected chi connectivity index (χ1v) is 29.6. The van der Waals surface area contributed by atoms with E-state index in [2.05, 4.69) is 31.3 Å². The largest absolute Gasteiger partial charge is 0.466 e. The summed E-state index contributed by atoms with van der Waals surface area (Å²) in [5.41, 5.74) is 0. The molecular weight excluding hydrogens is 883 g/mol. The highest BCUT2D eigenvalue weighted by Crippen LogP contribution is 2.23. The Labute approximate surface area is 429 Å². The summed E-state index contributed by atoms with van der Waals surface area (Å²) < 4.78 is 16.7. The standard InChI is InChI=1S/C59H111NO10/c1-3-5-7-9-11-13-26-31-35-39-43-47-55(64)68-48-44-40-36-32-28-25-23-21-19-17-15-16-18-20-22-24-27-30-34-38-42-46-54(63)60-51(50-69-59-58(67)57(66)56(65)53(49-61)70-59)52(62)45-41-37-33-29-14-12-10-8-6-4-2/h16,18,41,45,51-53,56-59,61-62,65-67H,3-15,17,19-40,42-44,46-50H2,1-2H3,(H,60,63)/b18-16-,45-41+. The molecule has 11 nitrogen and oxygen atoms in total. The van der Waals surface area contributed by atoms with Crippen molar-refractivity contribution in [2.24, 2.45) is 0 Å². The number of ether oxygens (including phenoxy) is 3. The number of allylic oxidation sites excluding steroid dienone is 3. The number of nitrogens with one attached hydrogen (secondary N) is 1. The average molecular weight is 995 g/mol. The number of hydrogen-bond donors (Lipinski definition) is 6. The Kier molecular flexibility index (Phi) is 46.6. The Morgan fingerprint density at radius 2 is 0.914 bits per heavy atom. The van der Waals surface area contributed by atoms with Gasteiger partial charge in [-0.15, -0.1) is 0 Å². The van der Waals surface area contributed by atoms with Crippen LogP contribution < -0.4 is 5.32 Å². The molecular formula is C59H111NO10. The third-order valence-corrected chi connectivity index (χ3v) is 14.1. The molecule has 0 radical (unpaired) electrons. The van der Waals surface area contributed by atoms with Crippen LogP contribution in [0.1, 0.15) is 277 Å². The first kappa shape index (κ1) is 66.2. The molecule has 0 aromatic carbocycles. The van der Waals surface area contributed by atoms with E-state index in [9.17, 15) is 35.1 Å². The van der Waals surface area contributed by atoms with Gasteiger partial charge in [-0.25, -0.2) is 0 Å². The van der Waals surface area contributed by atoms with Gasteiger partial charge in [0.2, 0.25) is 5.91 Å². The molecule has 1 aliphatic heterocycles. The topological polar surface area (TPSA) is 175 Å². The highest BCUT2D eigenvalue weighted by molar-refractivity contribution is 5.76. The van der Waals surface area contributed by atoms with Crippen molar-refractivity contribution in [2.75, 3.05) is 19.8 Å². The summed E-state index contributed by atoms with van der Waals surface area (Å²) in [6.45, 7) is 4.31. The van der Waals surface area contributed by atoms with E-state index in [0.717, 1.165) is 77.0 Å². The van der Waals surface area contributed by atoms with Gasteiger partial charge in [0.05, 0.1) is 32.0 Å². The van der Waals surface area contributed by atoms with Gasteiger partial charge in [0.15, 0.2) is 6.29 Å². The van der Waals surface area contributed by atoms with Crippen LogP contribution in [0.2, 0.25) is 0 Å². The lowest BCUT2D eigenvalue weighted by Gasteiger charge is -2.40. The van der Waals surface area contributed by atoms with Gasteiger partial charge in [-0.05, 0) is 57.8 Å². The monoisotopic (exact) mass is 994 g/mol. The van der Waals surface area contributed by atoms with Gasteiger partial charge in [-0.1, -0.05) is 231 Å². The predicted octanol–water partition coefficient (Wildman–Crippen LogP) is 13.3. The number of unbranched alkanes of at least 4 members (excludes halogenated alkanes) is 35. The third kappa shape index (κ3) is 38.7. The number of aliphatic hydroxyl groups excluding tert-OH is 5. The molecule has 1 amide bonds. The zero-order valence-electron chi connectivity index (χ0n) is 45.2. The molecule has 0 saturated carbocycles. The maximum atomic E-state index is 13.0.